The van der Waals surface area contributed by atoms with Crippen LogP contribution in [0, 0.1) is 0 Å². The van der Waals surface area contributed by atoms with Crippen LogP contribution < -0.4 is 27.4 Å². The molecule has 0 aliphatic heterocycles. The zero-order chi connectivity index (χ0) is 30.4. The Balaban J connectivity index is 2.30. The number of hydrogen-bond acceptors (Lipinski definition) is 8. The number of carbonyl (C=O) groups is 5. The highest BCUT2D eigenvalue weighted by atomic mass is 16.4. The number of nitrogens with one attached hydrogen (secondary N) is 3. The summed E-state index contributed by atoms with van der Waals surface area (Å²) in [5.41, 5.74) is 12.7. The van der Waals surface area contributed by atoms with Crippen molar-refractivity contribution in [2.24, 2.45) is 11.5 Å². The summed E-state index contributed by atoms with van der Waals surface area (Å²) in [6, 6.07) is 9.48. The number of amides is 3. The molecular weight excluding hydrogens is 534 g/mol. The summed E-state index contributed by atoms with van der Waals surface area (Å²) in [7, 11) is 0. The second kappa shape index (κ2) is 16.6. The lowest BCUT2D eigenvalue weighted by Gasteiger charge is -2.25. The van der Waals surface area contributed by atoms with Gasteiger partial charge in [0.05, 0.1) is 12.5 Å². The van der Waals surface area contributed by atoms with E-state index in [1.54, 1.807) is 30.3 Å². The smallest absolute Gasteiger partial charge is 0.326 e. The molecule has 4 unspecified atom stereocenters. The fourth-order valence-electron chi connectivity index (χ4n) is 3.97. The lowest BCUT2D eigenvalue weighted by Crippen LogP contribution is -2.58. The molecule has 4 atom stereocenters. The van der Waals surface area contributed by atoms with E-state index in [4.69, 9.17) is 16.6 Å². The topological polar surface area (TPSA) is 234 Å². The van der Waals surface area contributed by atoms with E-state index in [-0.39, 0.29) is 18.6 Å². The molecule has 13 nitrogen and oxygen atoms in total. The van der Waals surface area contributed by atoms with E-state index in [0.717, 1.165) is 5.56 Å². The van der Waals surface area contributed by atoms with Crippen LogP contribution in [0.1, 0.15) is 36.8 Å². The van der Waals surface area contributed by atoms with Crippen LogP contribution >= 0.6 is 0 Å². The van der Waals surface area contributed by atoms with Crippen molar-refractivity contribution in [2.75, 3.05) is 6.54 Å². The molecule has 13 heteroatoms. The van der Waals surface area contributed by atoms with Gasteiger partial charge in [-0.1, -0.05) is 48.9 Å². The number of rotatable bonds is 17. The van der Waals surface area contributed by atoms with Crippen LogP contribution in [0.5, 0.6) is 5.75 Å². The number of benzene rings is 2. The van der Waals surface area contributed by atoms with Gasteiger partial charge in [-0.2, -0.15) is 0 Å². The first-order valence-corrected chi connectivity index (χ1v) is 13.1. The van der Waals surface area contributed by atoms with E-state index in [1.165, 1.54) is 24.3 Å². The van der Waals surface area contributed by atoms with Gasteiger partial charge in [-0.25, -0.2) is 4.79 Å². The van der Waals surface area contributed by atoms with Crippen molar-refractivity contribution < 1.29 is 39.3 Å². The largest absolute Gasteiger partial charge is 0.508 e. The standard InChI is InChI=1S/C28H37N5O8/c29-13-5-4-8-20(30)25(37)31-21(14-17-6-2-1-3-7-17)26(38)32-22(15-18-9-11-19(34)12-10-18)27(39)33-23(28(40)41)16-24(35)36/h1-3,6-7,9-12,20-23,34H,4-5,8,13-16,29-30H2,(H,31,37)(H,32,38)(H,33,39)(H,35,36)(H,40,41). The summed E-state index contributed by atoms with van der Waals surface area (Å²) < 4.78 is 0. The Bertz CT molecular complexity index is 1180. The van der Waals surface area contributed by atoms with Crippen LogP contribution in [0.25, 0.3) is 0 Å². The Labute approximate surface area is 237 Å². The molecule has 2 aromatic rings. The van der Waals surface area contributed by atoms with Gasteiger partial charge >= 0.3 is 11.9 Å². The van der Waals surface area contributed by atoms with Crippen LogP contribution in [0.4, 0.5) is 0 Å². The molecule has 41 heavy (non-hydrogen) atoms. The van der Waals surface area contributed by atoms with Gasteiger partial charge in [-0.15, -0.1) is 0 Å². The molecule has 0 bridgehead atoms. The highest BCUT2D eigenvalue weighted by molar-refractivity contribution is 5.95. The van der Waals surface area contributed by atoms with Crippen molar-refractivity contribution in [2.45, 2.75) is 62.7 Å². The Morgan fingerprint density at radius 2 is 1.22 bits per heavy atom. The number of carboxylic acid groups (broad SMARTS) is 2. The van der Waals surface area contributed by atoms with Crippen LogP contribution in [0.2, 0.25) is 0 Å². The quantitative estimate of drug-likeness (QED) is 0.115. The maximum atomic E-state index is 13.5. The van der Waals surface area contributed by atoms with E-state index in [2.05, 4.69) is 16.0 Å². The number of carbonyl (C=O) groups excluding carboxylic acids is 3. The first kappa shape index (κ1) is 32.7. The first-order chi connectivity index (χ1) is 19.5. The summed E-state index contributed by atoms with van der Waals surface area (Å²) in [5.74, 6) is -5.27. The number of hydrogen-bond donors (Lipinski definition) is 8. The number of phenolic OH excluding ortho intramolecular Hbond substituents is 1. The van der Waals surface area contributed by atoms with Crippen molar-refractivity contribution in [1.29, 1.82) is 0 Å². The normalized spacial score (nSPS) is 13.7. The van der Waals surface area contributed by atoms with Gasteiger partial charge in [-0.05, 0) is 42.6 Å². The Morgan fingerprint density at radius 3 is 1.73 bits per heavy atom. The average Bonchev–Trinajstić information content (AvgIpc) is 2.93. The van der Waals surface area contributed by atoms with Crippen molar-refractivity contribution >= 4 is 29.7 Å². The zero-order valence-electron chi connectivity index (χ0n) is 22.5. The Kier molecular flexibility index (Phi) is 13.2. The number of unbranched alkanes of at least 4 members (excludes halogenated alkanes) is 1. The van der Waals surface area contributed by atoms with E-state index in [9.17, 15) is 34.2 Å². The SMILES string of the molecule is NCCCCC(N)C(=O)NC(Cc1ccccc1)C(=O)NC(Cc1ccc(O)cc1)C(=O)NC(CC(=O)O)C(=O)O. The lowest BCUT2D eigenvalue weighted by atomic mass is 10.0. The van der Waals surface area contributed by atoms with E-state index in [1.807, 2.05) is 0 Å². The van der Waals surface area contributed by atoms with Crippen molar-refractivity contribution in [3.05, 3.63) is 65.7 Å². The van der Waals surface area contributed by atoms with Crippen molar-refractivity contribution in [3.63, 3.8) is 0 Å². The average molecular weight is 572 g/mol. The van der Waals surface area contributed by atoms with Crippen molar-refractivity contribution in [1.82, 2.24) is 16.0 Å². The third kappa shape index (κ3) is 11.6. The van der Waals surface area contributed by atoms with Gasteiger partial charge in [0.25, 0.3) is 0 Å². The first-order valence-electron chi connectivity index (χ1n) is 13.1. The van der Waals surface area contributed by atoms with E-state index >= 15 is 0 Å². The predicted octanol–water partition coefficient (Wildman–Crippen LogP) is -0.353. The van der Waals surface area contributed by atoms with Gasteiger partial charge in [-0.3, -0.25) is 19.2 Å². The molecule has 0 aromatic heterocycles. The van der Waals surface area contributed by atoms with E-state index < -0.39 is 60.2 Å². The summed E-state index contributed by atoms with van der Waals surface area (Å²) in [6.07, 6.45) is 0.726. The fraction of sp³-hybridized carbons (Fsp3) is 0.393. The van der Waals surface area contributed by atoms with Gasteiger partial charge in [0.2, 0.25) is 17.7 Å². The maximum Gasteiger partial charge on any atom is 0.326 e. The van der Waals surface area contributed by atoms with Gasteiger partial charge < -0.3 is 42.7 Å². The number of nitrogens with two attached hydrogens (primary N) is 2. The molecule has 0 spiro atoms. The molecule has 0 aliphatic carbocycles. The van der Waals surface area contributed by atoms with Gasteiger partial charge in [0.1, 0.15) is 23.9 Å². The van der Waals surface area contributed by atoms with Crippen molar-refractivity contribution in [3.8, 4) is 5.75 Å². The molecule has 0 radical (unpaired) electrons. The fourth-order valence-corrected chi connectivity index (χ4v) is 3.97. The van der Waals surface area contributed by atoms with Gasteiger partial charge in [0.15, 0.2) is 0 Å². The minimum absolute atomic E-state index is 0.0281. The molecule has 0 fully saturated rings. The molecule has 222 valence electrons. The predicted molar refractivity (Wildman–Crippen MR) is 149 cm³/mol. The number of phenols is 1. The molecule has 2 aromatic carbocycles. The van der Waals surface area contributed by atoms with E-state index in [0.29, 0.717) is 31.4 Å². The molecule has 0 heterocycles. The molecule has 3 amide bonds. The minimum Gasteiger partial charge on any atom is -0.508 e. The number of aliphatic carboxylic acids is 2. The van der Waals surface area contributed by atoms with Crippen LogP contribution in [-0.4, -0.2) is 75.7 Å². The third-order valence-electron chi connectivity index (χ3n) is 6.22. The monoisotopic (exact) mass is 571 g/mol. The highest BCUT2D eigenvalue weighted by Crippen LogP contribution is 2.13. The minimum atomic E-state index is -1.74. The molecule has 10 N–H and O–H groups in total. The maximum absolute atomic E-state index is 13.5. The lowest BCUT2D eigenvalue weighted by molar-refractivity contribution is -0.147. The Hall–Kier alpha value is -4.49. The highest BCUT2D eigenvalue weighted by Gasteiger charge is 2.31. The van der Waals surface area contributed by atoms with Crippen LogP contribution in [-0.2, 0) is 36.8 Å². The summed E-state index contributed by atoms with van der Waals surface area (Å²) >= 11 is 0. The number of aromatic hydroxyl groups is 1. The second-order valence-corrected chi connectivity index (χ2v) is 9.57. The van der Waals surface area contributed by atoms with Gasteiger partial charge in [0, 0.05) is 12.8 Å². The van der Waals surface area contributed by atoms with Crippen LogP contribution in [0.15, 0.2) is 54.6 Å². The third-order valence-corrected chi connectivity index (χ3v) is 6.22. The molecule has 2 rings (SSSR count). The molecular formula is C28H37N5O8. The molecule has 0 aliphatic rings. The Morgan fingerprint density at radius 1 is 0.707 bits per heavy atom. The number of carboxylic acids is 2. The second-order valence-electron chi connectivity index (χ2n) is 9.57. The van der Waals surface area contributed by atoms with Crippen LogP contribution in [0.3, 0.4) is 0 Å². The summed E-state index contributed by atoms with van der Waals surface area (Å²) in [6.45, 7) is 0.451. The summed E-state index contributed by atoms with van der Waals surface area (Å²) in [4.78, 5) is 62.1. The summed E-state index contributed by atoms with van der Waals surface area (Å²) in [5, 5.41) is 35.4. The molecule has 0 saturated heterocycles. The molecule has 0 saturated carbocycles. The zero-order valence-corrected chi connectivity index (χ0v) is 22.5.